The number of amides is 15. The number of nitrogens with one attached hydrogen (secondary N) is 4. The van der Waals surface area contributed by atoms with Crippen LogP contribution in [0.1, 0.15) is 88.0 Å². The predicted molar refractivity (Wildman–Crippen MR) is 265 cm³/mol. The Morgan fingerprint density at radius 3 is 1.59 bits per heavy atom. The molecule has 1 aliphatic heterocycles. The van der Waals surface area contributed by atoms with Crippen molar-refractivity contribution in [2.24, 2.45) is 17.8 Å². The van der Waals surface area contributed by atoms with Gasteiger partial charge in [-0.25, -0.2) is 29.0 Å². The zero-order valence-corrected chi connectivity index (χ0v) is 45.5. The van der Waals surface area contributed by atoms with Crippen molar-refractivity contribution < 1.29 is 62.6 Å². The smallest absolute Gasteiger partial charge is 0.335 e. The number of nitrogens with zero attached hydrogens (tertiary/aromatic N) is 7. The average molecular weight is 1030 g/mol. The lowest BCUT2D eigenvalue weighted by Crippen LogP contribution is -2.63. The highest BCUT2D eigenvalue weighted by Gasteiger charge is 2.42. The fourth-order valence-corrected chi connectivity index (χ4v) is 8.71. The molecule has 0 radical (unpaired) electrons. The maximum atomic E-state index is 14.5. The number of hydrogen-bond acceptors (Lipinski definition) is 14. The summed E-state index contributed by atoms with van der Waals surface area (Å²) < 4.78 is 5.12. The average Bonchev–Trinajstić information content (AvgIpc) is 3.30. The normalized spacial score (nSPS) is 25.2. The van der Waals surface area contributed by atoms with Crippen LogP contribution in [0, 0.1) is 17.8 Å². The van der Waals surface area contributed by atoms with E-state index in [2.05, 4.69) is 16.0 Å². The van der Waals surface area contributed by atoms with E-state index in [0.29, 0.717) is 39.9 Å². The van der Waals surface area contributed by atoms with Gasteiger partial charge in [-0.05, 0) is 70.0 Å². The summed E-state index contributed by atoms with van der Waals surface area (Å²) in [5.74, 6) is -6.18. The highest BCUT2D eigenvalue weighted by molar-refractivity contribution is 7.99. The molecule has 5 N–H and O–H groups in total. The molecule has 8 atom stereocenters. The van der Waals surface area contributed by atoms with Crippen LogP contribution in [0.15, 0.2) is 0 Å². The van der Waals surface area contributed by atoms with Gasteiger partial charge in [0.15, 0.2) is 0 Å². The van der Waals surface area contributed by atoms with E-state index in [-0.39, 0.29) is 30.4 Å². The first-order valence-corrected chi connectivity index (χ1v) is 24.9. The first kappa shape index (κ1) is 63.5. The third-order valence-corrected chi connectivity index (χ3v) is 13.2. The zero-order valence-electron chi connectivity index (χ0n) is 44.7. The molecule has 71 heavy (non-hydrogen) atoms. The van der Waals surface area contributed by atoms with Crippen molar-refractivity contribution in [3.63, 3.8) is 0 Å². The summed E-state index contributed by atoms with van der Waals surface area (Å²) in [6, 6.07) is -14.3. The van der Waals surface area contributed by atoms with Crippen LogP contribution in [0.4, 0.5) is 19.2 Å². The number of imide groups is 4. The number of methoxy groups -OCH3 is 1. The molecule has 0 spiro atoms. The van der Waals surface area contributed by atoms with E-state index >= 15 is 0 Å². The number of carbonyl (C=O) groups is 11. The summed E-state index contributed by atoms with van der Waals surface area (Å²) in [6.45, 7) is 15.0. The van der Waals surface area contributed by atoms with Crippen molar-refractivity contribution in [3.05, 3.63) is 0 Å². The van der Waals surface area contributed by atoms with E-state index < -0.39 is 120 Å². The van der Waals surface area contributed by atoms with Crippen LogP contribution >= 0.6 is 11.8 Å². The summed E-state index contributed by atoms with van der Waals surface area (Å²) in [6.07, 6.45) is -0.0244. The molecule has 0 aromatic heterocycles. The van der Waals surface area contributed by atoms with E-state index in [4.69, 9.17) is 4.74 Å². The number of hydrogen-bond donors (Lipinski definition) is 5. The molecule has 1 fully saturated rings. The van der Waals surface area contributed by atoms with Crippen molar-refractivity contribution in [3.8, 4) is 0 Å². The van der Waals surface area contributed by atoms with Crippen molar-refractivity contribution in [1.29, 1.82) is 0 Å². The van der Waals surface area contributed by atoms with Crippen LogP contribution in [-0.4, -0.2) is 228 Å². The Kier molecular flexibility index (Phi) is 26.0. The quantitative estimate of drug-likeness (QED) is 0.161. The number of aliphatic hydroxyl groups is 1. The minimum absolute atomic E-state index is 0.0392. The maximum Gasteiger partial charge on any atom is 0.335 e. The van der Waals surface area contributed by atoms with Crippen molar-refractivity contribution in [2.75, 3.05) is 74.6 Å². The Balaban J connectivity index is 4.00. The molecule has 1 aliphatic rings. The van der Waals surface area contributed by atoms with Gasteiger partial charge in [-0.3, -0.25) is 43.8 Å². The molecule has 0 aromatic carbocycles. The first-order chi connectivity index (χ1) is 32.8. The monoisotopic (exact) mass is 1030 g/mol. The second-order valence-electron chi connectivity index (χ2n) is 19.2. The molecule has 24 nitrogen and oxygen atoms in total. The standard InChI is InChI=1S/C46H81N11O13S/c1-25(2)22-31-37(60)47-28(7)36(59)48-29(8)39(62)52(11)32(23-26(3)4)40(63)55(14)45(68)57(16)46(69)56(15)44(67)50-43(66)53(12)33(24-71-21-19-18-20-70-17)41(64)54(13)35(30(9)58)38(61)49-34(27(5)6)42(65)51(31)10/h25-35,58H,18-24H2,1-17H3,(H,47,60)(H,48,59)(H,49,61)(H,50,66,67)/t28-,29+,30?,31-,32-,33-,34-,35?/m1/s1. The number of aliphatic hydroxyl groups excluding tert-OH is 1. The van der Waals surface area contributed by atoms with Gasteiger partial charge < -0.3 is 45.4 Å². The molecule has 25 heteroatoms. The lowest BCUT2D eigenvalue weighted by Gasteiger charge is -2.37. The summed E-state index contributed by atoms with van der Waals surface area (Å²) in [5, 5.41) is 20.9. The zero-order chi connectivity index (χ0) is 54.9. The van der Waals surface area contributed by atoms with Crippen LogP contribution in [-0.2, 0) is 38.3 Å². The number of rotatable bonds is 13. The summed E-state index contributed by atoms with van der Waals surface area (Å²) in [7, 11) is 9.69. The Bertz CT molecular complexity index is 1920. The van der Waals surface area contributed by atoms with Gasteiger partial charge in [0.25, 0.3) is 5.91 Å². The minimum atomic E-state index is -1.64. The van der Waals surface area contributed by atoms with Crippen LogP contribution in [0.2, 0.25) is 0 Å². The largest absolute Gasteiger partial charge is 0.391 e. The van der Waals surface area contributed by atoms with Crippen molar-refractivity contribution in [2.45, 2.75) is 136 Å². The van der Waals surface area contributed by atoms with Gasteiger partial charge in [0.2, 0.25) is 35.4 Å². The summed E-state index contributed by atoms with van der Waals surface area (Å²) in [5.41, 5.74) is 0. The second-order valence-corrected chi connectivity index (χ2v) is 20.4. The van der Waals surface area contributed by atoms with E-state index in [1.54, 1.807) is 34.8 Å². The van der Waals surface area contributed by atoms with E-state index in [1.807, 2.05) is 19.2 Å². The molecule has 2 unspecified atom stereocenters. The number of carbonyl (C=O) groups excluding carboxylic acids is 11. The van der Waals surface area contributed by atoms with Gasteiger partial charge in [0, 0.05) is 68.8 Å². The second kappa shape index (κ2) is 29.1. The molecular weight excluding hydrogens is 947 g/mol. The molecule has 0 aromatic rings. The SMILES string of the molecule is COCCCCSC[C@@H]1C(=O)N(C)C(C(C)O)C(=O)N[C@H](C(C)C)C(=O)N(C)[C@H](CC(C)C)C(=O)N[C@H](C)C(=O)N[C@@H](C)C(=O)N(C)[C@H](CC(C)C)C(=O)N(C)C(=O)N(C)C(=O)N(C)C(=O)NC(=O)N1C. The fourth-order valence-electron chi connectivity index (χ4n) is 7.54. The van der Waals surface area contributed by atoms with Crippen molar-refractivity contribution >= 4 is 77.2 Å². The number of unbranched alkanes of at least 4 members (excludes halogenated alkanes) is 1. The minimum Gasteiger partial charge on any atom is -0.391 e. The number of likely N-dealkylation sites (N-methyl/N-ethyl adjacent to an activating group) is 5. The van der Waals surface area contributed by atoms with Crippen LogP contribution in [0.25, 0.3) is 0 Å². The maximum absolute atomic E-state index is 14.5. The molecular formula is C46H81N11O13S. The van der Waals surface area contributed by atoms with Gasteiger partial charge in [0.1, 0.15) is 42.3 Å². The molecule has 0 aliphatic carbocycles. The third-order valence-electron chi connectivity index (χ3n) is 12.0. The Morgan fingerprint density at radius 2 is 1.07 bits per heavy atom. The van der Waals surface area contributed by atoms with E-state index in [9.17, 15) is 57.8 Å². The molecule has 1 heterocycles. The fraction of sp³-hybridized carbons (Fsp3) is 0.761. The Labute approximate surface area is 422 Å². The molecule has 1 rings (SSSR count). The third kappa shape index (κ3) is 17.9. The highest BCUT2D eigenvalue weighted by atomic mass is 32.2. The summed E-state index contributed by atoms with van der Waals surface area (Å²) in [4.78, 5) is 158. The van der Waals surface area contributed by atoms with Crippen LogP contribution < -0.4 is 21.3 Å². The van der Waals surface area contributed by atoms with Gasteiger partial charge >= 0.3 is 24.1 Å². The van der Waals surface area contributed by atoms with Crippen LogP contribution in [0.3, 0.4) is 0 Å². The van der Waals surface area contributed by atoms with Crippen molar-refractivity contribution in [1.82, 2.24) is 55.6 Å². The lowest BCUT2D eigenvalue weighted by molar-refractivity contribution is -0.148. The molecule has 15 amide bonds. The highest BCUT2D eigenvalue weighted by Crippen LogP contribution is 2.20. The Morgan fingerprint density at radius 1 is 0.549 bits per heavy atom. The molecule has 0 saturated carbocycles. The molecule has 1 saturated heterocycles. The predicted octanol–water partition coefficient (Wildman–Crippen LogP) is 0.956. The Hall–Kier alpha value is -5.56. The lowest BCUT2D eigenvalue weighted by atomic mass is 9.97. The van der Waals surface area contributed by atoms with E-state index in [1.165, 1.54) is 60.7 Å². The van der Waals surface area contributed by atoms with Crippen LogP contribution in [0.5, 0.6) is 0 Å². The van der Waals surface area contributed by atoms with Gasteiger partial charge in [-0.15, -0.1) is 0 Å². The first-order valence-electron chi connectivity index (χ1n) is 23.7. The number of ether oxygens (including phenoxy) is 1. The molecule has 404 valence electrons. The van der Waals surface area contributed by atoms with E-state index in [0.717, 1.165) is 40.7 Å². The number of urea groups is 4. The van der Waals surface area contributed by atoms with Gasteiger partial charge in [-0.2, -0.15) is 11.8 Å². The summed E-state index contributed by atoms with van der Waals surface area (Å²) >= 11 is 1.28. The topological polar surface area (TPSA) is 288 Å². The number of thioether (sulfide) groups is 1. The van der Waals surface area contributed by atoms with Gasteiger partial charge in [0.05, 0.1) is 6.10 Å². The molecule has 0 bridgehead atoms. The van der Waals surface area contributed by atoms with Gasteiger partial charge in [-0.1, -0.05) is 41.5 Å².